The Hall–Kier alpha value is -2.11. The van der Waals surface area contributed by atoms with Gasteiger partial charge in [0.1, 0.15) is 6.10 Å². The second kappa shape index (κ2) is 8.32. The van der Waals surface area contributed by atoms with Gasteiger partial charge >= 0.3 is 0 Å². The van der Waals surface area contributed by atoms with Gasteiger partial charge in [-0.25, -0.2) is 0 Å². The Morgan fingerprint density at radius 1 is 0.960 bits per heavy atom. The first kappa shape index (κ1) is 19.2. The number of carbonyl (C=O) groups is 2. The molecule has 0 radical (unpaired) electrons. The zero-order valence-electron chi connectivity index (χ0n) is 14.6. The summed E-state index contributed by atoms with van der Waals surface area (Å²) in [6.45, 7) is 5.72. The van der Waals surface area contributed by atoms with Crippen molar-refractivity contribution in [2.24, 2.45) is 0 Å². The third kappa shape index (κ3) is 5.73. The zero-order valence-corrected chi connectivity index (χ0v) is 15.4. The Kier molecular flexibility index (Phi) is 6.39. The van der Waals surface area contributed by atoms with Crippen LogP contribution in [0.2, 0.25) is 0 Å². The van der Waals surface area contributed by atoms with Gasteiger partial charge in [-0.2, -0.15) is 0 Å². The van der Waals surface area contributed by atoms with E-state index in [0.29, 0.717) is 11.1 Å². The molecule has 0 spiro atoms. The topological polar surface area (TPSA) is 66.4 Å². The Morgan fingerprint density at radius 3 is 2.00 bits per heavy atom. The van der Waals surface area contributed by atoms with Gasteiger partial charge in [-0.3, -0.25) is 9.59 Å². The molecular weight excluding hydrogens is 334 g/mol. The lowest BCUT2D eigenvalue weighted by atomic mass is 10.0. The van der Waals surface area contributed by atoms with Crippen LogP contribution >= 0.6 is 11.8 Å². The molecule has 0 saturated heterocycles. The smallest absolute Gasteiger partial charge is 0.251 e. The van der Waals surface area contributed by atoms with Gasteiger partial charge < -0.3 is 10.4 Å². The van der Waals surface area contributed by atoms with Crippen molar-refractivity contribution in [1.82, 2.24) is 5.32 Å². The van der Waals surface area contributed by atoms with Crippen LogP contribution in [0, 0.1) is 0 Å². The highest BCUT2D eigenvalue weighted by molar-refractivity contribution is 8.14. The van der Waals surface area contributed by atoms with Gasteiger partial charge in [-0.05, 0) is 17.7 Å². The van der Waals surface area contributed by atoms with E-state index in [9.17, 15) is 14.7 Å². The SMILES string of the molecule is CC(C)(C)SC(=O)C(O)C(NC(=O)c1ccccc1)c1ccccc1. The van der Waals surface area contributed by atoms with E-state index < -0.39 is 12.1 Å². The number of rotatable bonds is 5. The first-order valence-corrected chi connectivity index (χ1v) is 8.91. The number of benzene rings is 2. The summed E-state index contributed by atoms with van der Waals surface area (Å²) < 4.78 is -0.317. The molecule has 0 aliphatic rings. The van der Waals surface area contributed by atoms with E-state index >= 15 is 0 Å². The van der Waals surface area contributed by atoms with Crippen LogP contribution in [0.5, 0.6) is 0 Å². The maximum atomic E-state index is 12.5. The quantitative estimate of drug-likeness (QED) is 0.858. The van der Waals surface area contributed by atoms with Crippen LogP contribution in [0.1, 0.15) is 42.7 Å². The van der Waals surface area contributed by atoms with Gasteiger partial charge in [-0.1, -0.05) is 81.1 Å². The first-order valence-electron chi connectivity index (χ1n) is 8.10. The van der Waals surface area contributed by atoms with Gasteiger partial charge in [0.05, 0.1) is 6.04 Å². The summed E-state index contributed by atoms with van der Waals surface area (Å²) in [4.78, 5) is 25.0. The van der Waals surface area contributed by atoms with Crippen molar-refractivity contribution in [3.8, 4) is 0 Å². The van der Waals surface area contributed by atoms with Crippen LogP contribution in [0.15, 0.2) is 60.7 Å². The Bertz CT molecular complexity index is 711. The lowest BCUT2D eigenvalue weighted by Crippen LogP contribution is -2.40. The van der Waals surface area contributed by atoms with Crippen molar-refractivity contribution in [2.45, 2.75) is 37.7 Å². The lowest BCUT2D eigenvalue weighted by Gasteiger charge is -2.26. The van der Waals surface area contributed by atoms with E-state index in [-0.39, 0.29) is 15.8 Å². The van der Waals surface area contributed by atoms with Crippen LogP contribution in [-0.2, 0) is 4.79 Å². The van der Waals surface area contributed by atoms with Gasteiger partial charge in [0.25, 0.3) is 5.91 Å². The van der Waals surface area contributed by atoms with Crippen molar-refractivity contribution >= 4 is 22.8 Å². The van der Waals surface area contributed by atoms with E-state index in [2.05, 4.69) is 5.32 Å². The summed E-state index contributed by atoms with van der Waals surface area (Å²) >= 11 is 1.07. The van der Waals surface area contributed by atoms with Gasteiger partial charge in [-0.15, -0.1) is 0 Å². The number of aliphatic hydroxyl groups is 1. The van der Waals surface area contributed by atoms with Crippen LogP contribution < -0.4 is 5.32 Å². The number of aliphatic hydroxyl groups excluding tert-OH is 1. The molecule has 5 heteroatoms. The Labute approximate surface area is 152 Å². The summed E-state index contributed by atoms with van der Waals surface area (Å²) in [6.07, 6.45) is -1.33. The van der Waals surface area contributed by atoms with Crippen molar-refractivity contribution in [3.05, 3.63) is 71.8 Å². The van der Waals surface area contributed by atoms with Crippen molar-refractivity contribution < 1.29 is 14.7 Å². The molecule has 0 saturated carbocycles. The molecule has 2 aromatic carbocycles. The summed E-state index contributed by atoms with van der Waals surface area (Å²) in [5, 5.41) is 13.0. The van der Waals surface area contributed by atoms with Crippen molar-refractivity contribution in [2.75, 3.05) is 0 Å². The average molecular weight is 357 g/mol. The van der Waals surface area contributed by atoms with E-state index in [1.807, 2.05) is 45.0 Å². The van der Waals surface area contributed by atoms with Crippen molar-refractivity contribution in [1.29, 1.82) is 0 Å². The number of thioether (sulfide) groups is 1. The highest BCUT2D eigenvalue weighted by Gasteiger charge is 2.32. The number of hydrogen-bond donors (Lipinski definition) is 2. The predicted octanol–water partition coefficient (Wildman–Crippen LogP) is 3.58. The van der Waals surface area contributed by atoms with Crippen LogP contribution in [0.4, 0.5) is 0 Å². The molecular formula is C20H23NO3S. The van der Waals surface area contributed by atoms with Crippen LogP contribution in [-0.4, -0.2) is 27.0 Å². The highest BCUT2D eigenvalue weighted by atomic mass is 32.2. The molecule has 1 amide bonds. The van der Waals surface area contributed by atoms with Crippen LogP contribution in [0.3, 0.4) is 0 Å². The van der Waals surface area contributed by atoms with Gasteiger partial charge in [0, 0.05) is 10.3 Å². The summed E-state index contributed by atoms with van der Waals surface area (Å²) in [5.41, 5.74) is 1.16. The highest BCUT2D eigenvalue weighted by Crippen LogP contribution is 2.29. The number of amides is 1. The normalized spacial score (nSPS) is 13.8. The molecule has 0 bridgehead atoms. The molecule has 2 unspecified atom stereocenters. The van der Waals surface area contributed by atoms with E-state index in [1.54, 1.807) is 36.4 Å². The largest absolute Gasteiger partial charge is 0.382 e. The minimum absolute atomic E-state index is 0.317. The molecule has 2 rings (SSSR count). The zero-order chi connectivity index (χ0) is 18.4. The van der Waals surface area contributed by atoms with E-state index in [1.165, 1.54) is 0 Å². The molecule has 25 heavy (non-hydrogen) atoms. The van der Waals surface area contributed by atoms with Crippen molar-refractivity contribution in [3.63, 3.8) is 0 Å². The first-order chi connectivity index (χ1) is 11.8. The van der Waals surface area contributed by atoms with E-state index in [4.69, 9.17) is 0 Å². The molecule has 0 aliphatic carbocycles. The molecule has 2 aromatic rings. The fraction of sp³-hybridized carbons (Fsp3) is 0.300. The summed E-state index contributed by atoms with van der Waals surface area (Å²) in [7, 11) is 0. The molecule has 132 valence electrons. The predicted molar refractivity (Wildman–Crippen MR) is 101 cm³/mol. The standard InChI is InChI=1S/C20H23NO3S/c1-20(2,3)25-19(24)17(22)16(14-10-6-4-7-11-14)21-18(23)15-12-8-5-9-13-15/h4-13,16-17,22H,1-3H3,(H,21,23). The fourth-order valence-electron chi connectivity index (χ4n) is 2.32. The molecule has 0 fully saturated rings. The Balaban J connectivity index is 2.25. The van der Waals surface area contributed by atoms with Gasteiger partial charge in [0.2, 0.25) is 5.12 Å². The average Bonchev–Trinajstić information content (AvgIpc) is 2.59. The minimum atomic E-state index is -1.33. The molecule has 0 heterocycles. The molecule has 0 aliphatic heterocycles. The third-order valence-corrected chi connectivity index (χ3v) is 4.50. The second-order valence-electron chi connectivity index (χ2n) is 6.71. The second-order valence-corrected chi connectivity index (χ2v) is 8.54. The van der Waals surface area contributed by atoms with E-state index in [0.717, 1.165) is 11.8 Å². The fourth-order valence-corrected chi connectivity index (χ4v) is 3.18. The maximum absolute atomic E-state index is 12.5. The monoisotopic (exact) mass is 357 g/mol. The molecule has 0 aromatic heterocycles. The summed E-state index contributed by atoms with van der Waals surface area (Å²) in [6, 6.07) is 17.0. The molecule has 2 N–H and O–H groups in total. The lowest BCUT2D eigenvalue weighted by molar-refractivity contribution is -0.119. The molecule has 2 atom stereocenters. The Morgan fingerprint density at radius 2 is 1.48 bits per heavy atom. The third-order valence-electron chi connectivity index (χ3n) is 3.45. The number of hydrogen-bond acceptors (Lipinski definition) is 4. The van der Waals surface area contributed by atoms with Gasteiger partial charge in [0.15, 0.2) is 0 Å². The summed E-state index contributed by atoms with van der Waals surface area (Å²) in [5.74, 6) is -0.331. The van der Waals surface area contributed by atoms with Crippen LogP contribution in [0.25, 0.3) is 0 Å². The minimum Gasteiger partial charge on any atom is -0.382 e. The number of nitrogens with one attached hydrogen (secondary N) is 1. The number of carbonyl (C=O) groups excluding carboxylic acids is 2. The molecule has 4 nitrogen and oxygen atoms in total. The maximum Gasteiger partial charge on any atom is 0.251 e.